The van der Waals surface area contributed by atoms with Gasteiger partial charge in [0.2, 0.25) is 0 Å². The molecule has 1 amide bonds. The van der Waals surface area contributed by atoms with E-state index in [4.69, 9.17) is 4.42 Å². The number of furan rings is 1. The summed E-state index contributed by atoms with van der Waals surface area (Å²) in [5.74, 6) is 0.443. The number of halogens is 1. The van der Waals surface area contributed by atoms with Crippen LogP contribution in [0.1, 0.15) is 11.3 Å². The second-order valence-corrected chi connectivity index (χ2v) is 5.82. The fourth-order valence-corrected chi connectivity index (χ4v) is 2.58. The van der Waals surface area contributed by atoms with Gasteiger partial charge < -0.3 is 9.73 Å². The molecule has 1 heterocycles. The van der Waals surface area contributed by atoms with E-state index in [1.807, 2.05) is 60.7 Å². The van der Waals surface area contributed by atoms with Crippen LogP contribution in [0.2, 0.25) is 0 Å². The largest absolute Gasteiger partial charge is 0.465 e. The quantitative estimate of drug-likeness (QED) is 0.642. The second-order valence-electron chi connectivity index (χ2n) is 4.90. The molecule has 114 valence electrons. The lowest BCUT2D eigenvalue weighted by Crippen LogP contribution is -2.13. The van der Waals surface area contributed by atoms with Crippen molar-refractivity contribution in [3.05, 3.63) is 88.8 Å². The highest BCUT2D eigenvalue weighted by molar-refractivity contribution is 9.10. The maximum Gasteiger partial charge on any atom is 0.256 e. The zero-order valence-corrected chi connectivity index (χ0v) is 13.8. The van der Waals surface area contributed by atoms with Crippen LogP contribution in [-0.4, -0.2) is 5.91 Å². The molecule has 0 radical (unpaired) electrons. The highest BCUT2D eigenvalue weighted by Gasteiger charge is 2.13. The summed E-state index contributed by atoms with van der Waals surface area (Å²) in [5, 5.41) is 2.91. The maximum absolute atomic E-state index is 12.7. The van der Waals surface area contributed by atoms with E-state index >= 15 is 0 Å². The number of benzene rings is 2. The van der Waals surface area contributed by atoms with E-state index in [-0.39, 0.29) is 5.91 Å². The molecule has 1 N–H and O–H groups in total. The summed E-state index contributed by atoms with van der Waals surface area (Å²) in [6.07, 6.45) is 3.32. The van der Waals surface area contributed by atoms with Gasteiger partial charge >= 0.3 is 0 Å². The average Bonchev–Trinajstić information content (AvgIpc) is 3.06. The van der Waals surface area contributed by atoms with Crippen LogP contribution in [0.4, 0.5) is 5.69 Å². The molecule has 3 rings (SSSR count). The fourth-order valence-electron chi connectivity index (χ4n) is 2.18. The van der Waals surface area contributed by atoms with Gasteiger partial charge in [-0.2, -0.15) is 0 Å². The van der Waals surface area contributed by atoms with Crippen molar-refractivity contribution in [1.82, 2.24) is 0 Å². The number of amides is 1. The Labute approximate surface area is 142 Å². The third-order valence-corrected chi connectivity index (χ3v) is 3.73. The molecule has 2 aromatic carbocycles. The standard InChI is InChI=1S/C19H14BrNO2/c20-15-8-4-9-16(12-15)21-19(22)18(13-17-10-5-11-23-17)14-6-2-1-3-7-14/h1-13H,(H,21,22)/b18-13-. The van der Waals surface area contributed by atoms with Gasteiger partial charge in [-0.05, 0) is 42.0 Å². The van der Waals surface area contributed by atoms with Gasteiger partial charge in [-0.1, -0.05) is 52.3 Å². The molecule has 0 unspecified atom stereocenters. The van der Waals surface area contributed by atoms with Gasteiger partial charge in [0.1, 0.15) is 5.76 Å². The molecule has 4 heteroatoms. The van der Waals surface area contributed by atoms with E-state index in [9.17, 15) is 4.79 Å². The van der Waals surface area contributed by atoms with E-state index in [2.05, 4.69) is 21.2 Å². The van der Waals surface area contributed by atoms with E-state index in [1.54, 1.807) is 18.4 Å². The summed E-state index contributed by atoms with van der Waals surface area (Å²) < 4.78 is 6.25. The number of carbonyl (C=O) groups excluding carboxylic acids is 1. The first kappa shape index (κ1) is 15.3. The highest BCUT2D eigenvalue weighted by Crippen LogP contribution is 2.22. The number of hydrogen-bond acceptors (Lipinski definition) is 2. The Morgan fingerprint density at radius 1 is 1.00 bits per heavy atom. The van der Waals surface area contributed by atoms with Gasteiger partial charge in [0, 0.05) is 10.2 Å². The van der Waals surface area contributed by atoms with Crippen LogP contribution >= 0.6 is 15.9 Å². The maximum atomic E-state index is 12.7. The lowest BCUT2D eigenvalue weighted by Gasteiger charge is -2.09. The van der Waals surface area contributed by atoms with Crippen LogP contribution in [0, 0.1) is 0 Å². The summed E-state index contributed by atoms with van der Waals surface area (Å²) in [6.45, 7) is 0. The zero-order valence-electron chi connectivity index (χ0n) is 12.2. The average molecular weight is 368 g/mol. The predicted molar refractivity (Wildman–Crippen MR) is 95.8 cm³/mol. The van der Waals surface area contributed by atoms with Gasteiger partial charge in [0.05, 0.1) is 11.8 Å². The van der Waals surface area contributed by atoms with E-state index in [1.165, 1.54) is 0 Å². The Morgan fingerprint density at radius 2 is 1.83 bits per heavy atom. The molecule has 0 aliphatic carbocycles. The predicted octanol–water partition coefficient (Wildman–Crippen LogP) is 5.22. The minimum Gasteiger partial charge on any atom is -0.465 e. The van der Waals surface area contributed by atoms with E-state index in [0.717, 1.165) is 15.7 Å². The van der Waals surface area contributed by atoms with Crippen molar-refractivity contribution in [2.24, 2.45) is 0 Å². The Balaban J connectivity index is 1.93. The molecule has 3 nitrogen and oxygen atoms in total. The summed E-state index contributed by atoms with van der Waals surface area (Å²) in [5.41, 5.74) is 2.10. The molecule has 0 saturated carbocycles. The lowest BCUT2D eigenvalue weighted by molar-refractivity contribution is -0.111. The molecule has 0 aliphatic heterocycles. The molecule has 3 aromatic rings. The minimum absolute atomic E-state index is 0.189. The first-order valence-corrected chi connectivity index (χ1v) is 7.89. The summed E-state index contributed by atoms with van der Waals surface area (Å²) in [4.78, 5) is 12.7. The lowest BCUT2D eigenvalue weighted by atomic mass is 10.0. The minimum atomic E-state index is -0.189. The van der Waals surface area contributed by atoms with Crippen LogP contribution in [0.5, 0.6) is 0 Å². The number of anilines is 1. The molecular weight excluding hydrogens is 354 g/mol. The van der Waals surface area contributed by atoms with Gasteiger partial charge in [-0.15, -0.1) is 0 Å². The van der Waals surface area contributed by atoms with Gasteiger partial charge in [-0.25, -0.2) is 0 Å². The summed E-state index contributed by atoms with van der Waals surface area (Å²) in [6, 6.07) is 20.6. The van der Waals surface area contributed by atoms with Crippen LogP contribution in [0.25, 0.3) is 11.6 Å². The Bertz CT molecular complexity index is 824. The van der Waals surface area contributed by atoms with Crippen LogP contribution in [-0.2, 0) is 4.79 Å². The normalized spacial score (nSPS) is 11.3. The second kappa shape index (κ2) is 7.11. The fraction of sp³-hybridized carbons (Fsp3) is 0. The van der Waals surface area contributed by atoms with Crippen molar-refractivity contribution in [2.45, 2.75) is 0 Å². The molecule has 0 saturated heterocycles. The number of hydrogen-bond donors (Lipinski definition) is 1. The van der Waals surface area contributed by atoms with Crippen molar-refractivity contribution in [3.63, 3.8) is 0 Å². The van der Waals surface area contributed by atoms with E-state index < -0.39 is 0 Å². The first-order valence-electron chi connectivity index (χ1n) is 7.10. The first-order chi connectivity index (χ1) is 11.2. The molecule has 0 fully saturated rings. The molecule has 0 bridgehead atoms. The van der Waals surface area contributed by atoms with Gasteiger partial charge in [0.25, 0.3) is 5.91 Å². The van der Waals surface area contributed by atoms with Crippen LogP contribution in [0.15, 0.2) is 81.9 Å². The van der Waals surface area contributed by atoms with Crippen LogP contribution in [0.3, 0.4) is 0 Å². The van der Waals surface area contributed by atoms with Crippen molar-refractivity contribution in [1.29, 1.82) is 0 Å². The SMILES string of the molecule is O=C(Nc1cccc(Br)c1)/C(=C\c1ccco1)c1ccccc1. The zero-order chi connectivity index (χ0) is 16.1. The van der Waals surface area contributed by atoms with Crippen LogP contribution < -0.4 is 5.32 Å². The van der Waals surface area contributed by atoms with Crippen molar-refractivity contribution < 1.29 is 9.21 Å². The number of carbonyl (C=O) groups is 1. The molecule has 23 heavy (non-hydrogen) atoms. The molecule has 0 atom stereocenters. The summed E-state index contributed by atoms with van der Waals surface area (Å²) in [7, 11) is 0. The van der Waals surface area contributed by atoms with Gasteiger partial charge in [-0.3, -0.25) is 4.79 Å². The van der Waals surface area contributed by atoms with Crippen molar-refractivity contribution in [2.75, 3.05) is 5.32 Å². The number of rotatable bonds is 4. The monoisotopic (exact) mass is 367 g/mol. The summed E-state index contributed by atoms with van der Waals surface area (Å²) >= 11 is 3.40. The van der Waals surface area contributed by atoms with E-state index in [0.29, 0.717) is 11.3 Å². The Kier molecular flexibility index (Phi) is 4.74. The molecule has 0 aliphatic rings. The third-order valence-electron chi connectivity index (χ3n) is 3.24. The smallest absolute Gasteiger partial charge is 0.256 e. The van der Waals surface area contributed by atoms with Crippen molar-refractivity contribution >= 4 is 39.2 Å². The Morgan fingerprint density at radius 3 is 2.52 bits per heavy atom. The molecular formula is C19H14BrNO2. The molecule has 0 spiro atoms. The van der Waals surface area contributed by atoms with Crippen molar-refractivity contribution in [3.8, 4) is 0 Å². The topological polar surface area (TPSA) is 42.2 Å². The number of nitrogens with one attached hydrogen (secondary N) is 1. The highest BCUT2D eigenvalue weighted by atomic mass is 79.9. The van der Waals surface area contributed by atoms with Gasteiger partial charge in [0.15, 0.2) is 0 Å². The Hall–Kier alpha value is -2.59. The molecule has 1 aromatic heterocycles. The third kappa shape index (κ3) is 3.99.